The van der Waals surface area contributed by atoms with Crippen molar-refractivity contribution in [2.45, 2.75) is 0 Å². The molecule has 0 unspecified atom stereocenters. The van der Waals surface area contributed by atoms with Crippen LogP contribution in [0.15, 0.2) is 53.8 Å². The molecule has 2 N–H and O–H groups in total. The average molecular weight is 286 g/mol. The van der Waals surface area contributed by atoms with Crippen molar-refractivity contribution in [2.75, 3.05) is 12.4 Å². The fourth-order valence-corrected chi connectivity index (χ4v) is 1.61. The Morgan fingerprint density at radius 3 is 2.70 bits per heavy atom. The van der Waals surface area contributed by atoms with Crippen LogP contribution in [0.2, 0.25) is 0 Å². The van der Waals surface area contributed by atoms with Crippen LogP contribution in [0, 0.1) is 0 Å². The highest BCUT2D eigenvalue weighted by molar-refractivity contribution is 7.80. The SMILES string of the molecule is COc1ccc(NC(=S)N/N=C/c2ccccn2)cc1. The van der Waals surface area contributed by atoms with E-state index in [2.05, 4.69) is 20.8 Å². The highest BCUT2D eigenvalue weighted by atomic mass is 32.1. The molecule has 1 aromatic carbocycles. The van der Waals surface area contributed by atoms with E-state index in [0.717, 1.165) is 17.1 Å². The maximum Gasteiger partial charge on any atom is 0.191 e. The van der Waals surface area contributed by atoms with Gasteiger partial charge in [-0.25, -0.2) is 0 Å². The first-order valence-corrected chi connectivity index (χ1v) is 6.34. The molecule has 5 nitrogen and oxygen atoms in total. The molecule has 0 radical (unpaired) electrons. The average Bonchev–Trinajstić information content (AvgIpc) is 2.49. The van der Waals surface area contributed by atoms with Crippen molar-refractivity contribution in [1.82, 2.24) is 10.4 Å². The van der Waals surface area contributed by atoms with Gasteiger partial charge in [0.2, 0.25) is 0 Å². The van der Waals surface area contributed by atoms with Crippen LogP contribution >= 0.6 is 12.2 Å². The van der Waals surface area contributed by atoms with Crippen molar-refractivity contribution in [1.29, 1.82) is 0 Å². The zero-order valence-corrected chi connectivity index (χ0v) is 11.7. The second kappa shape index (κ2) is 7.20. The third kappa shape index (κ3) is 4.33. The Hall–Kier alpha value is -2.47. The number of pyridine rings is 1. The van der Waals surface area contributed by atoms with E-state index in [4.69, 9.17) is 17.0 Å². The van der Waals surface area contributed by atoms with Crippen LogP contribution in [0.4, 0.5) is 5.69 Å². The number of benzene rings is 1. The van der Waals surface area contributed by atoms with Gasteiger partial charge in [0.25, 0.3) is 0 Å². The molecule has 0 aliphatic heterocycles. The number of nitrogens with one attached hydrogen (secondary N) is 2. The lowest BCUT2D eigenvalue weighted by molar-refractivity contribution is 0.415. The maximum atomic E-state index is 5.13. The number of nitrogens with zero attached hydrogens (tertiary/aromatic N) is 2. The summed E-state index contributed by atoms with van der Waals surface area (Å²) in [5.74, 6) is 0.794. The van der Waals surface area contributed by atoms with Crippen LogP contribution in [0.3, 0.4) is 0 Å². The van der Waals surface area contributed by atoms with Gasteiger partial charge in [-0.15, -0.1) is 0 Å². The minimum atomic E-state index is 0.405. The first kappa shape index (κ1) is 14.0. The van der Waals surface area contributed by atoms with E-state index in [-0.39, 0.29) is 0 Å². The summed E-state index contributed by atoms with van der Waals surface area (Å²) in [5.41, 5.74) is 4.34. The summed E-state index contributed by atoms with van der Waals surface area (Å²) in [5, 5.41) is 7.42. The number of hydrogen-bond acceptors (Lipinski definition) is 4. The molecule has 0 spiro atoms. The lowest BCUT2D eigenvalue weighted by Crippen LogP contribution is -2.23. The number of methoxy groups -OCH3 is 1. The number of ether oxygens (including phenoxy) is 1. The molecular weight excluding hydrogens is 272 g/mol. The summed E-state index contributed by atoms with van der Waals surface area (Å²) in [6, 6.07) is 13.0. The van der Waals surface area contributed by atoms with Crippen LogP contribution in [-0.4, -0.2) is 23.4 Å². The summed E-state index contributed by atoms with van der Waals surface area (Å²) >= 11 is 5.13. The molecule has 0 bridgehead atoms. The molecule has 102 valence electrons. The van der Waals surface area contributed by atoms with E-state index in [9.17, 15) is 0 Å². The number of hydrazone groups is 1. The fraction of sp³-hybridized carbons (Fsp3) is 0.0714. The molecule has 20 heavy (non-hydrogen) atoms. The minimum absolute atomic E-state index is 0.405. The highest BCUT2D eigenvalue weighted by Crippen LogP contribution is 2.14. The standard InChI is InChI=1S/C14H14N4OS/c1-19-13-7-5-11(6-8-13)17-14(20)18-16-10-12-4-2-3-9-15-12/h2-10H,1H3,(H2,17,18,20)/b16-10+. The van der Waals surface area contributed by atoms with Gasteiger partial charge in [0.1, 0.15) is 5.75 Å². The lowest BCUT2D eigenvalue weighted by atomic mass is 10.3. The third-order valence-corrected chi connectivity index (χ3v) is 2.59. The van der Waals surface area contributed by atoms with Gasteiger partial charge in [-0.1, -0.05) is 6.07 Å². The number of hydrogen-bond donors (Lipinski definition) is 2. The molecule has 0 aliphatic rings. The summed E-state index contributed by atoms with van der Waals surface area (Å²) in [6.07, 6.45) is 3.30. The zero-order chi connectivity index (χ0) is 14.2. The molecule has 0 aliphatic carbocycles. The van der Waals surface area contributed by atoms with Gasteiger partial charge in [-0.3, -0.25) is 10.4 Å². The monoisotopic (exact) mass is 286 g/mol. The predicted octanol–water partition coefficient (Wildman–Crippen LogP) is 2.41. The predicted molar refractivity (Wildman–Crippen MR) is 84.2 cm³/mol. The van der Waals surface area contributed by atoms with Crippen molar-refractivity contribution >= 4 is 29.2 Å². The molecule has 1 aromatic heterocycles. The molecule has 0 saturated carbocycles. The summed E-state index contributed by atoms with van der Waals surface area (Å²) in [7, 11) is 1.63. The number of anilines is 1. The van der Waals surface area contributed by atoms with Crippen molar-refractivity contribution in [3.63, 3.8) is 0 Å². The number of rotatable bonds is 4. The second-order valence-corrected chi connectivity index (χ2v) is 4.22. The van der Waals surface area contributed by atoms with Crippen LogP contribution in [0.5, 0.6) is 5.75 Å². The van der Waals surface area contributed by atoms with Gasteiger partial charge in [0.05, 0.1) is 19.0 Å². The minimum Gasteiger partial charge on any atom is -0.497 e. The van der Waals surface area contributed by atoms with Crippen molar-refractivity contribution in [3.8, 4) is 5.75 Å². The summed E-state index contributed by atoms with van der Waals surface area (Å²) in [4.78, 5) is 4.11. The van der Waals surface area contributed by atoms with Crippen LogP contribution < -0.4 is 15.5 Å². The topological polar surface area (TPSA) is 58.5 Å². The van der Waals surface area contributed by atoms with Gasteiger partial charge >= 0.3 is 0 Å². The smallest absolute Gasteiger partial charge is 0.191 e. The fourth-order valence-electron chi connectivity index (χ4n) is 1.44. The van der Waals surface area contributed by atoms with E-state index >= 15 is 0 Å². The Kier molecular flexibility index (Phi) is 5.02. The Morgan fingerprint density at radius 2 is 2.05 bits per heavy atom. The normalized spacial score (nSPS) is 10.2. The van der Waals surface area contributed by atoms with E-state index < -0.39 is 0 Å². The molecule has 1 heterocycles. The van der Waals surface area contributed by atoms with Crippen LogP contribution in [0.25, 0.3) is 0 Å². The quantitative estimate of drug-likeness (QED) is 0.513. The van der Waals surface area contributed by atoms with E-state index in [1.165, 1.54) is 0 Å². The Morgan fingerprint density at radius 1 is 1.25 bits per heavy atom. The highest BCUT2D eigenvalue weighted by Gasteiger charge is 1.96. The molecule has 0 atom stereocenters. The Labute approximate surface area is 122 Å². The van der Waals surface area contributed by atoms with Crippen molar-refractivity contribution in [2.24, 2.45) is 5.10 Å². The molecule has 0 saturated heterocycles. The zero-order valence-electron chi connectivity index (χ0n) is 10.9. The molecule has 6 heteroatoms. The van der Waals surface area contributed by atoms with Crippen molar-refractivity contribution in [3.05, 3.63) is 54.4 Å². The number of aromatic nitrogens is 1. The largest absolute Gasteiger partial charge is 0.497 e. The Balaban J connectivity index is 1.84. The van der Waals surface area contributed by atoms with E-state index in [0.29, 0.717) is 5.11 Å². The first-order chi connectivity index (χ1) is 9.78. The molecule has 0 amide bonds. The second-order valence-electron chi connectivity index (χ2n) is 3.81. The van der Waals surface area contributed by atoms with Gasteiger partial charge < -0.3 is 10.1 Å². The Bertz CT molecular complexity index is 584. The van der Waals surface area contributed by atoms with Crippen LogP contribution in [-0.2, 0) is 0 Å². The van der Waals surface area contributed by atoms with Gasteiger partial charge in [-0.2, -0.15) is 5.10 Å². The molecule has 2 rings (SSSR count). The number of thiocarbonyl (C=S) groups is 1. The van der Waals surface area contributed by atoms with Gasteiger partial charge in [0, 0.05) is 11.9 Å². The molecular formula is C14H14N4OS. The van der Waals surface area contributed by atoms with Gasteiger partial charge in [-0.05, 0) is 48.6 Å². The summed E-state index contributed by atoms with van der Waals surface area (Å²) < 4.78 is 5.08. The molecule has 0 fully saturated rings. The maximum absolute atomic E-state index is 5.13. The third-order valence-electron chi connectivity index (χ3n) is 2.40. The first-order valence-electron chi connectivity index (χ1n) is 5.93. The van der Waals surface area contributed by atoms with Crippen molar-refractivity contribution < 1.29 is 4.74 Å². The lowest BCUT2D eigenvalue weighted by Gasteiger charge is -2.07. The van der Waals surface area contributed by atoms with E-state index in [1.807, 2.05) is 42.5 Å². The summed E-state index contributed by atoms with van der Waals surface area (Å²) in [6.45, 7) is 0. The van der Waals surface area contributed by atoms with Crippen LogP contribution in [0.1, 0.15) is 5.69 Å². The van der Waals surface area contributed by atoms with Gasteiger partial charge in [0.15, 0.2) is 5.11 Å². The molecule has 2 aromatic rings. The van der Waals surface area contributed by atoms with E-state index in [1.54, 1.807) is 19.5 Å².